The quantitative estimate of drug-likeness (QED) is 0.161. The van der Waals surface area contributed by atoms with Crippen LogP contribution in [0.15, 0.2) is 206 Å². The van der Waals surface area contributed by atoms with E-state index in [1.54, 1.807) is 0 Å². The Bertz CT molecular complexity index is 2940. The van der Waals surface area contributed by atoms with Gasteiger partial charge in [-0.1, -0.05) is 194 Å². The predicted molar refractivity (Wildman–Crippen MR) is 224 cm³/mol. The number of rotatable bonds is 5. The molecule has 242 valence electrons. The average Bonchev–Trinajstić information content (AvgIpc) is 3.22. The Morgan fingerprint density at radius 1 is 0.192 bits per heavy atom. The Labute approximate surface area is 303 Å². The Morgan fingerprint density at radius 3 is 1.33 bits per heavy atom. The molecule has 0 fully saturated rings. The maximum absolute atomic E-state index is 2.44. The molecule has 0 aliphatic heterocycles. The molecule has 0 aromatic heterocycles. The van der Waals surface area contributed by atoms with Gasteiger partial charge in [0, 0.05) is 0 Å². The van der Waals surface area contributed by atoms with Crippen molar-refractivity contribution in [3.63, 3.8) is 0 Å². The molecule has 0 heteroatoms. The summed E-state index contributed by atoms with van der Waals surface area (Å²) in [5, 5.41) is 10.0. The van der Waals surface area contributed by atoms with Crippen LogP contribution in [0.2, 0.25) is 0 Å². The first-order chi connectivity index (χ1) is 25.8. The summed E-state index contributed by atoms with van der Waals surface area (Å²) in [6.45, 7) is 0. The van der Waals surface area contributed by atoms with Crippen molar-refractivity contribution in [2.24, 2.45) is 0 Å². The third-order valence-corrected chi connectivity index (χ3v) is 10.7. The first kappa shape index (κ1) is 30.1. The molecule has 52 heavy (non-hydrogen) atoms. The van der Waals surface area contributed by atoms with Gasteiger partial charge in [-0.3, -0.25) is 0 Å². The number of hydrogen-bond acceptors (Lipinski definition) is 0. The molecular weight excluding hydrogens is 625 g/mol. The summed E-state index contributed by atoms with van der Waals surface area (Å²) in [6, 6.07) is 75.6. The minimum absolute atomic E-state index is 1.20. The first-order valence-corrected chi connectivity index (χ1v) is 18.0. The summed E-state index contributed by atoms with van der Waals surface area (Å²) in [4.78, 5) is 0. The van der Waals surface area contributed by atoms with Crippen LogP contribution < -0.4 is 0 Å². The van der Waals surface area contributed by atoms with E-state index >= 15 is 0 Å². The fourth-order valence-electron chi connectivity index (χ4n) is 8.29. The molecule has 0 radical (unpaired) electrons. The molecule has 0 saturated carbocycles. The van der Waals surface area contributed by atoms with Crippen molar-refractivity contribution in [1.82, 2.24) is 0 Å². The Kier molecular flexibility index (Phi) is 7.25. The van der Waals surface area contributed by atoms with Gasteiger partial charge in [-0.2, -0.15) is 0 Å². The molecule has 10 aromatic rings. The van der Waals surface area contributed by atoms with Crippen LogP contribution in [-0.2, 0) is 0 Å². The highest BCUT2D eigenvalue weighted by Gasteiger charge is 2.21. The van der Waals surface area contributed by atoms with Crippen molar-refractivity contribution in [2.45, 2.75) is 0 Å². The highest BCUT2D eigenvalue weighted by molar-refractivity contribution is 6.25. The predicted octanol–water partition coefficient (Wildman–Crippen LogP) is 14.6. The van der Waals surface area contributed by atoms with Crippen LogP contribution in [-0.4, -0.2) is 0 Å². The smallest absolute Gasteiger partial charge is 0.00199 e. The van der Waals surface area contributed by atoms with Crippen LogP contribution in [0, 0.1) is 0 Å². The summed E-state index contributed by atoms with van der Waals surface area (Å²) in [7, 11) is 0. The second-order valence-electron chi connectivity index (χ2n) is 13.6. The van der Waals surface area contributed by atoms with Crippen molar-refractivity contribution in [3.8, 4) is 55.6 Å². The summed E-state index contributed by atoms with van der Waals surface area (Å²) in [6.07, 6.45) is 0. The highest BCUT2D eigenvalue weighted by Crippen LogP contribution is 2.48. The molecule has 0 spiro atoms. The Hall–Kier alpha value is -6.76. The van der Waals surface area contributed by atoms with Gasteiger partial charge in [-0.05, 0) is 111 Å². The van der Waals surface area contributed by atoms with Crippen molar-refractivity contribution in [2.75, 3.05) is 0 Å². The van der Waals surface area contributed by atoms with Crippen molar-refractivity contribution in [3.05, 3.63) is 206 Å². The van der Waals surface area contributed by atoms with Crippen molar-refractivity contribution < 1.29 is 0 Å². The molecule has 0 amide bonds. The molecule has 10 aromatic carbocycles. The average molecular weight is 659 g/mol. The zero-order chi connectivity index (χ0) is 34.4. The Morgan fingerprint density at radius 2 is 0.615 bits per heavy atom. The molecular formula is C52H34. The van der Waals surface area contributed by atoms with Crippen LogP contribution >= 0.6 is 0 Å². The molecule has 0 atom stereocenters. The molecule has 0 aliphatic carbocycles. The van der Waals surface area contributed by atoms with E-state index in [-0.39, 0.29) is 0 Å². The normalized spacial score (nSPS) is 11.5. The largest absolute Gasteiger partial charge is 0.0622 e. The van der Waals surface area contributed by atoms with Crippen LogP contribution in [0.5, 0.6) is 0 Å². The van der Waals surface area contributed by atoms with Gasteiger partial charge < -0.3 is 0 Å². The minimum Gasteiger partial charge on any atom is -0.0622 e. The molecule has 10 rings (SSSR count). The molecule has 0 saturated heterocycles. The monoisotopic (exact) mass is 658 g/mol. The van der Waals surface area contributed by atoms with Gasteiger partial charge in [-0.25, -0.2) is 0 Å². The second kappa shape index (κ2) is 12.5. The lowest BCUT2D eigenvalue weighted by molar-refractivity contribution is 1.60. The lowest BCUT2D eigenvalue weighted by Crippen LogP contribution is -1.94. The highest BCUT2D eigenvalue weighted by atomic mass is 14.2. The van der Waals surface area contributed by atoms with E-state index in [1.165, 1.54) is 98.7 Å². The maximum atomic E-state index is 2.44. The van der Waals surface area contributed by atoms with E-state index < -0.39 is 0 Å². The van der Waals surface area contributed by atoms with E-state index in [4.69, 9.17) is 0 Å². The van der Waals surface area contributed by atoms with Gasteiger partial charge in [0.25, 0.3) is 0 Å². The fourth-order valence-corrected chi connectivity index (χ4v) is 8.29. The molecule has 0 nitrogen and oxygen atoms in total. The number of hydrogen-bond donors (Lipinski definition) is 0. The summed E-state index contributed by atoms with van der Waals surface area (Å²) < 4.78 is 0. The lowest BCUT2D eigenvalue weighted by atomic mass is 9.82. The zero-order valence-electron chi connectivity index (χ0n) is 28.6. The van der Waals surface area contributed by atoms with Crippen molar-refractivity contribution >= 4 is 43.1 Å². The minimum atomic E-state index is 1.20. The lowest BCUT2D eigenvalue weighted by Gasteiger charge is -2.21. The van der Waals surface area contributed by atoms with Gasteiger partial charge in [-0.15, -0.1) is 0 Å². The molecule has 0 aliphatic rings. The third kappa shape index (κ3) is 5.00. The zero-order valence-corrected chi connectivity index (χ0v) is 28.6. The van der Waals surface area contributed by atoms with Crippen LogP contribution in [0.1, 0.15) is 0 Å². The summed E-state index contributed by atoms with van der Waals surface area (Å²) >= 11 is 0. The van der Waals surface area contributed by atoms with Crippen LogP contribution in [0.25, 0.3) is 98.7 Å². The number of fused-ring (bicyclic) bond motifs is 4. The van der Waals surface area contributed by atoms with Gasteiger partial charge in [0.2, 0.25) is 0 Å². The van der Waals surface area contributed by atoms with Crippen LogP contribution in [0.3, 0.4) is 0 Å². The summed E-state index contributed by atoms with van der Waals surface area (Å²) in [5.41, 5.74) is 12.4. The van der Waals surface area contributed by atoms with E-state index in [0.717, 1.165) is 0 Å². The fraction of sp³-hybridized carbons (Fsp3) is 0. The standard InChI is InChI=1S/C52H34/c1-2-15-35(16-3-1)38-21-12-22-39(33-38)40-31-32-49-50(34-40)52(46-26-9-8-25-44(46)43-29-13-19-36-17-4-6-23-41(36)43)48-28-11-10-27-47(48)51(49)45-30-14-20-37-18-5-7-24-42(37)45/h1-34H. The molecule has 0 heterocycles. The maximum Gasteiger partial charge on any atom is -0.00199 e. The SMILES string of the molecule is c1ccc(-c2cccc(-c3ccc4c(-c5cccc6ccccc56)c5ccccc5c(-c5ccccc5-c5cccc6ccccc56)c4c3)c2)cc1. The Balaban J connectivity index is 1.32. The van der Waals surface area contributed by atoms with Gasteiger partial charge in [0.15, 0.2) is 0 Å². The van der Waals surface area contributed by atoms with E-state index in [9.17, 15) is 0 Å². The van der Waals surface area contributed by atoms with E-state index in [0.29, 0.717) is 0 Å². The van der Waals surface area contributed by atoms with Gasteiger partial charge >= 0.3 is 0 Å². The van der Waals surface area contributed by atoms with Gasteiger partial charge in [0.1, 0.15) is 0 Å². The van der Waals surface area contributed by atoms with Crippen LogP contribution in [0.4, 0.5) is 0 Å². The van der Waals surface area contributed by atoms with Crippen molar-refractivity contribution in [1.29, 1.82) is 0 Å². The summed E-state index contributed by atoms with van der Waals surface area (Å²) in [5.74, 6) is 0. The number of benzene rings is 10. The first-order valence-electron chi connectivity index (χ1n) is 18.0. The van der Waals surface area contributed by atoms with Gasteiger partial charge in [0.05, 0.1) is 0 Å². The van der Waals surface area contributed by atoms with E-state index in [2.05, 4.69) is 206 Å². The molecule has 0 N–H and O–H groups in total. The molecule has 0 unspecified atom stereocenters. The second-order valence-corrected chi connectivity index (χ2v) is 13.6. The topological polar surface area (TPSA) is 0 Å². The van der Waals surface area contributed by atoms with E-state index in [1.807, 2.05) is 0 Å². The molecule has 0 bridgehead atoms. The third-order valence-electron chi connectivity index (χ3n) is 10.7.